The Morgan fingerprint density at radius 2 is 2.06 bits per heavy atom. The first kappa shape index (κ1) is 21.2. The van der Waals surface area contributed by atoms with Crippen LogP contribution in [0.3, 0.4) is 0 Å². The molecule has 1 aliphatic rings. The first-order valence-electron chi connectivity index (χ1n) is 11.1. The Morgan fingerprint density at radius 1 is 1.26 bits per heavy atom. The summed E-state index contributed by atoms with van der Waals surface area (Å²) < 4.78 is 5.42. The minimum absolute atomic E-state index is 0.125. The van der Waals surface area contributed by atoms with Crippen molar-refractivity contribution in [1.82, 2.24) is 25.0 Å². The lowest BCUT2D eigenvalue weighted by atomic mass is 9.93. The van der Waals surface area contributed by atoms with Crippen molar-refractivity contribution in [3.05, 3.63) is 59.8 Å². The van der Waals surface area contributed by atoms with Crippen LogP contribution in [0.15, 0.2) is 41.3 Å². The number of piperidine rings is 1. The highest BCUT2D eigenvalue weighted by molar-refractivity contribution is 5.92. The van der Waals surface area contributed by atoms with Gasteiger partial charge in [0.15, 0.2) is 0 Å². The first-order valence-corrected chi connectivity index (χ1v) is 11.1. The molecule has 1 fully saturated rings. The van der Waals surface area contributed by atoms with Crippen LogP contribution < -0.4 is 0 Å². The summed E-state index contributed by atoms with van der Waals surface area (Å²) in [6.45, 7) is 6.86. The van der Waals surface area contributed by atoms with Crippen LogP contribution in [0.2, 0.25) is 0 Å². The highest BCUT2D eigenvalue weighted by Crippen LogP contribution is 2.36. The molecule has 0 radical (unpaired) electrons. The van der Waals surface area contributed by atoms with Crippen LogP contribution in [0.4, 0.5) is 0 Å². The maximum absolute atomic E-state index is 13.4. The summed E-state index contributed by atoms with van der Waals surface area (Å²) >= 11 is 0. The summed E-state index contributed by atoms with van der Waals surface area (Å²) in [7, 11) is 0. The second kappa shape index (κ2) is 9.37. The summed E-state index contributed by atoms with van der Waals surface area (Å²) in [5.74, 6) is 1.19. The molecule has 162 valence electrons. The van der Waals surface area contributed by atoms with Crippen molar-refractivity contribution in [3.63, 3.8) is 0 Å². The fourth-order valence-corrected chi connectivity index (χ4v) is 4.05. The molecule has 3 aromatic rings. The summed E-state index contributed by atoms with van der Waals surface area (Å²) in [4.78, 5) is 29.0. The largest absolute Gasteiger partial charge is 0.351 e. The summed E-state index contributed by atoms with van der Waals surface area (Å²) in [5.41, 5.74) is 3.66. The molecule has 3 aromatic heterocycles. The van der Waals surface area contributed by atoms with Gasteiger partial charge in [0.2, 0.25) is 5.76 Å². The SMILES string of the molecule is CCCc1ncc(-c2ccncc2)c(C2CCCCN2C(=O)c2cc(C(C)C)no2)n1. The number of aromatic nitrogens is 4. The van der Waals surface area contributed by atoms with E-state index in [0.29, 0.717) is 12.3 Å². The quantitative estimate of drug-likeness (QED) is 0.561. The molecule has 0 bridgehead atoms. The van der Waals surface area contributed by atoms with Gasteiger partial charge in [-0.1, -0.05) is 25.9 Å². The number of pyridine rings is 1. The number of nitrogens with zero attached hydrogens (tertiary/aromatic N) is 5. The van der Waals surface area contributed by atoms with Gasteiger partial charge in [-0.3, -0.25) is 9.78 Å². The first-order chi connectivity index (χ1) is 15.1. The lowest BCUT2D eigenvalue weighted by Crippen LogP contribution is -2.39. The van der Waals surface area contributed by atoms with Gasteiger partial charge in [0.1, 0.15) is 5.82 Å². The maximum Gasteiger partial charge on any atom is 0.293 e. The van der Waals surface area contributed by atoms with Crippen molar-refractivity contribution >= 4 is 5.91 Å². The van der Waals surface area contributed by atoms with E-state index in [9.17, 15) is 4.79 Å². The van der Waals surface area contributed by atoms with Gasteiger partial charge < -0.3 is 9.42 Å². The highest BCUT2D eigenvalue weighted by Gasteiger charge is 2.33. The fourth-order valence-electron chi connectivity index (χ4n) is 4.05. The van der Waals surface area contributed by atoms with Gasteiger partial charge in [0.25, 0.3) is 5.91 Å². The lowest BCUT2D eigenvalue weighted by Gasteiger charge is -2.35. The molecule has 0 aromatic carbocycles. The van der Waals surface area contributed by atoms with Crippen LogP contribution >= 0.6 is 0 Å². The molecule has 0 aliphatic carbocycles. The Morgan fingerprint density at radius 3 is 2.77 bits per heavy atom. The molecule has 1 atom stereocenters. The Labute approximate surface area is 182 Å². The fraction of sp³-hybridized carbons (Fsp3) is 0.458. The van der Waals surface area contributed by atoms with Gasteiger partial charge in [-0.05, 0) is 49.3 Å². The zero-order valence-corrected chi connectivity index (χ0v) is 18.4. The standard InChI is InChI=1S/C24H29N5O2/c1-4-7-22-26-15-18(17-9-11-25-12-10-17)23(27-22)20-8-5-6-13-29(20)24(30)21-14-19(16(2)3)28-31-21/h9-12,14-16,20H,4-8,13H2,1-3H3. The maximum atomic E-state index is 13.4. The minimum Gasteiger partial charge on any atom is -0.351 e. The number of aryl methyl sites for hydroxylation is 1. The molecule has 7 nitrogen and oxygen atoms in total. The van der Waals surface area contributed by atoms with Gasteiger partial charge in [0.05, 0.1) is 17.4 Å². The van der Waals surface area contributed by atoms with Gasteiger partial charge in [0, 0.05) is 43.2 Å². The zero-order valence-electron chi connectivity index (χ0n) is 18.4. The summed E-state index contributed by atoms with van der Waals surface area (Å²) in [6, 6.07) is 5.56. The van der Waals surface area contributed by atoms with Crippen molar-refractivity contribution < 1.29 is 9.32 Å². The smallest absolute Gasteiger partial charge is 0.293 e. The van der Waals surface area contributed by atoms with Crippen molar-refractivity contribution in [2.45, 2.75) is 64.8 Å². The third-order valence-electron chi connectivity index (χ3n) is 5.74. The van der Waals surface area contributed by atoms with Crippen molar-refractivity contribution in [1.29, 1.82) is 0 Å². The van der Waals surface area contributed by atoms with E-state index < -0.39 is 0 Å². The van der Waals surface area contributed by atoms with Gasteiger partial charge in [-0.15, -0.1) is 0 Å². The van der Waals surface area contributed by atoms with Crippen LogP contribution in [0.25, 0.3) is 11.1 Å². The van der Waals surface area contributed by atoms with E-state index in [1.807, 2.05) is 37.1 Å². The van der Waals surface area contributed by atoms with Crippen LogP contribution in [0.5, 0.6) is 0 Å². The van der Waals surface area contributed by atoms with Crippen molar-refractivity contribution in [2.24, 2.45) is 0 Å². The van der Waals surface area contributed by atoms with E-state index in [4.69, 9.17) is 9.51 Å². The molecular formula is C24H29N5O2. The molecule has 1 aliphatic heterocycles. The van der Waals surface area contributed by atoms with E-state index in [1.165, 1.54) is 0 Å². The number of hydrogen-bond acceptors (Lipinski definition) is 6. The van der Waals surface area contributed by atoms with Crippen LogP contribution in [-0.4, -0.2) is 37.5 Å². The second-order valence-corrected chi connectivity index (χ2v) is 8.35. The topological polar surface area (TPSA) is 85.0 Å². The summed E-state index contributed by atoms with van der Waals surface area (Å²) in [5, 5.41) is 4.08. The van der Waals surface area contributed by atoms with Gasteiger partial charge >= 0.3 is 0 Å². The predicted molar refractivity (Wildman–Crippen MR) is 117 cm³/mol. The van der Waals surface area contributed by atoms with Crippen LogP contribution in [0.1, 0.15) is 86.2 Å². The number of carbonyl (C=O) groups is 1. The number of hydrogen-bond donors (Lipinski definition) is 0. The zero-order chi connectivity index (χ0) is 21.8. The molecule has 1 saturated heterocycles. The van der Waals surface area contributed by atoms with Gasteiger partial charge in [-0.2, -0.15) is 0 Å². The normalized spacial score (nSPS) is 16.6. The van der Waals surface area contributed by atoms with E-state index in [-0.39, 0.29) is 17.9 Å². The van der Waals surface area contributed by atoms with E-state index >= 15 is 0 Å². The molecular weight excluding hydrogens is 390 g/mol. The molecule has 4 rings (SSSR count). The third-order valence-corrected chi connectivity index (χ3v) is 5.74. The van der Waals surface area contributed by atoms with Gasteiger partial charge in [-0.25, -0.2) is 9.97 Å². The molecule has 1 amide bonds. The van der Waals surface area contributed by atoms with E-state index in [2.05, 4.69) is 22.0 Å². The third kappa shape index (κ3) is 4.50. The molecule has 0 N–H and O–H groups in total. The molecule has 0 spiro atoms. The molecule has 4 heterocycles. The number of carbonyl (C=O) groups excluding carboxylic acids is 1. The Kier molecular flexibility index (Phi) is 6.39. The average molecular weight is 420 g/mol. The number of rotatable bonds is 6. The molecule has 0 saturated carbocycles. The Bertz CT molecular complexity index is 1030. The summed E-state index contributed by atoms with van der Waals surface area (Å²) in [6.07, 6.45) is 10.1. The highest BCUT2D eigenvalue weighted by atomic mass is 16.5. The van der Waals surface area contributed by atoms with E-state index in [0.717, 1.165) is 60.4 Å². The van der Waals surface area contributed by atoms with E-state index in [1.54, 1.807) is 18.5 Å². The average Bonchev–Trinajstić information content (AvgIpc) is 3.30. The van der Waals surface area contributed by atoms with Crippen LogP contribution in [0, 0.1) is 0 Å². The number of likely N-dealkylation sites (tertiary alicyclic amines) is 1. The Hall–Kier alpha value is -3.09. The molecule has 7 heteroatoms. The Balaban J connectivity index is 1.74. The van der Waals surface area contributed by atoms with Crippen molar-refractivity contribution in [2.75, 3.05) is 6.54 Å². The monoisotopic (exact) mass is 419 g/mol. The second-order valence-electron chi connectivity index (χ2n) is 8.35. The van der Waals surface area contributed by atoms with Crippen LogP contribution in [-0.2, 0) is 6.42 Å². The lowest BCUT2D eigenvalue weighted by molar-refractivity contribution is 0.0564. The molecule has 31 heavy (non-hydrogen) atoms. The number of amides is 1. The minimum atomic E-state index is -0.129. The predicted octanol–water partition coefficient (Wildman–Crippen LogP) is 4.97. The molecule has 1 unspecified atom stereocenters. The van der Waals surface area contributed by atoms with Crippen molar-refractivity contribution in [3.8, 4) is 11.1 Å².